The summed E-state index contributed by atoms with van der Waals surface area (Å²) < 4.78 is 37.0. The average molecular weight is 387 g/mol. The summed E-state index contributed by atoms with van der Waals surface area (Å²) in [4.78, 5) is 13.0. The number of carbonyl (C=O) groups is 1. The van der Waals surface area contributed by atoms with Crippen LogP contribution in [-0.4, -0.2) is 44.1 Å². The van der Waals surface area contributed by atoms with E-state index in [2.05, 4.69) is 0 Å². The highest BCUT2D eigenvalue weighted by Gasteiger charge is 2.36. The number of rotatable bonds is 6. The predicted octanol–water partition coefficient (Wildman–Crippen LogP) is 2.62. The normalized spacial score (nSPS) is 18.3. The highest BCUT2D eigenvalue weighted by Crippen LogP contribution is 2.25. The van der Waals surface area contributed by atoms with Gasteiger partial charge in [-0.05, 0) is 17.7 Å². The van der Waals surface area contributed by atoms with Crippen LogP contribution in [0.15, 0.2) is 66.7 Å². The number of sulfonamides is 1. The molecule has 142 valence electrons. The average Bonchev–Trinajstić information content (AvgIpc) is 2.68. The second-order valence-corrected chi connectivity index (χ2v) is 7.97. The van der Waals surface area contributed by atoms with Crippen molar-refractivity contribution >= 4 is 15.9 Å². The third-order valence-corrected chi connectivity index (χ3v) is 5.85. The van der Waals surface area contributed by atoms with Gasteiger partial charge in [0.25, 0.3) is 5.91 Å². The third-order valence-electron chi connectivity index (χ3n) is 4.20. The number of carbonyl (C=O) groups excluding carboxylic acids is 1. The number of nitrogens with zero attached hydrogens (tertiary/aromatic N) is 1. The lowest BCUT2D eigenvalue weighted by molar-refractivity contribution is 0.0666. The van der Waals surface area contributed by atoms with E-state index in [9.17, 15) is 13.2 Å². The predicted molar refractivity (Wildman–Crippen MR) is 102 cm³/mol. The van der Waals surface area contributed by atoms with Crippen molar-refractivity contribution in [2.75, 3.05) is 19.5 Å². The summed E-state index contributed by atoms with van der Waals surface area (Å²) in [6.45, 7) is 0.410. The van der Waals surface area contributed by atoms with Crippen molar-refractivity contribution in [1.29, 1.82) is 0 Å². The molecule has 1 atom stereocenters. The van der Waals surface area contributed by atoms with Gasteiger partial charge < -0.3 is 9.47 Å². The van der Waals surface area contributed by atoms with Crippen molar-refractivity contribution in [3.05, 3.63) is 77.9 Å². The summed E-state index contributed by atoms with van der Waals surface area (Å²) in [5, 5.41) is 0. The van der Waals surface area contributed by atoms with Gasteiger partial charge in [-0.2, -0.15) is 0 Å². The van der Waals surface area contributed by atoms with Crippen LogP contribution in [0.3, 0.4) is 0 Å². The maximum absolute atomic E-state index is 13.0. The first kappa shape index (κ1) is 19.1. The molecule has 3 rings (SSSR count). The molecule has 0 radical (unpaired) electrons. The Morgan fingerprint density at radius 2 is 1.81 bits per heavy atom. The molecule has 7 heteroatoms. The molecule has 0 bridgehead atoms. The minimum absolute atomic E-state index is 0.0749. The summed E-state index contributed by atoms with van der Waals surface area (Å²) in [5.74, 6) is -0.510. The van der Waals surface area contributed by atoms with Crippen molar-refractivity contribution in [3.63, 3.8) is 0 Å². The summed E-state index contributed by atoms with van der Waals surface area (Å²) in [6.07, 6.45) is 3.25. The van der Waals surface area contributed by atoms with Crippen LogP contribution in [0.4, 0.5) is 0 Å². The van der Waals surface area contributed by atoms with E-state index in [0.717, 1.165) is 9.87 Å². The molecule has 2 aromatic rings. The maximum Gasteiger partial charge on any atom is 0.271 e. The van der Waals surface area contributed by atoms with Gasteiger partial charge in [-0.1, -0.05) is 54.6 Å². The maximum atomic E-state index is 13.0. The van der Waals surface area contributed by atoms with Crippen molar-refractivity contribution in [1.82, 2.24) is 4.31 Å². The van der Waals surface area contributed by atoms with Crippen LogP contribution in [0.1, 0.15) is 15.9 Å². The second kappa shape index (κ2) is 8.37. The van der Waals surface area contributed by atoms with E-state index in [4.69, 9.17) is 9.47 Å². The molecule has 0 N–H and O–H groups in total. The fraction of sp³-hybridized carbons (Fsp3) is 0.250. The fourth-order valence-electron chi connectivity index (χ4n) is 2.91. The summed E-state index contributed by atoms with van der Waals surface area (Å²) >= 11 is 0. The fourth-order valence-corrected chi connectivity index (χ4v) is 4.32. The summed E-state index contributed by atoms with van der Waals surface area (Å²) in [5.41, 5.74) is 1.18. The van der Waals surface area contributed by atoms with E-state index in [1.165, 1.54) is 7.11 Å². The Hall–Kier alpha value is -2.64. The molecule has 0 aromatic heterocycles. The molecule has 0 spiro atoms. The molecule has 0 fully saturated rings. The number of hydrogen-bond donors (Lipinski definition) is 0. The van der Waals surface area contributed by atoms with E-state index in [1.807, 2.05) is 30.3 Å². The molecule has 0 saturated carbocycles. The number of para-hydroxylation sites is 1. The first-order valence-corrected chi connectivity index (χ1v) is 10.1. The minimum Gasteiger partial charge on any atom is -0.496 e. The molecule has 27 heavy (non-hydrogen) atoms. The number of benzene rings is 2. The quantitative estimate of drug-likeness (QED) is 0.713. The molecule has 6 nitrogen and oxygen atoms in total. The lowest BCUT2D eigenvalue weighted by Crippen LogP contribution is -2.48. The van der Waals surface area contributed by atoms with Gasteiger partial charge in [-0.25, -0.2) is 12.7 Å². The van der Waals surface area contributed by atoms with E-state index in [-0.39, 0.29) is 17.9 Å². The first-order chi connectivity index (χ1) is 13.0. The van der Waals surface area contributed by atoms with Crippen LogP contribution >= 0.6 is 0 Å². The molecular weight excluding hydrogens is 366 g/mol. The van der Waals surface area contributed by atoms with Crippen LogP contribution < -0.4 is 4.74 Å². The van der Waals surface area contributed by atoms with Gasteiger partial charge in [-0.15, -0.1) is 0 Å². The van der Waals surface area contributed by atoms with E-state index in [1.54, 1.807) is 36.4 Å². The van der Waals surface area contributed by atoms with Crippen LogP contribution in [0, 0.1) is 0 Å². The zero-order valence-corrected chi connectivity index (χ0v) is 15.8. The zero-order valence-electron chi connectivity index (χ0n) is 14.9. The van der Waals surface area contributed by atoms with Gasteiger partial charge in [0.2, 0.25) is 10.0 Å². The number of hydrogen-bond acceptors (Lipinski definition) is 5. The topological polar surface area (TPSA) is 72.9 Å². The van der Waals surface area contributed by atoms with Crippen LogP contribution in [0.2, 0.25) is 0 Å². The van der Waals surface area contributed by atoms with Crippen molar-refractivity contribution in [2.45, 2.75) is 12.6 Å². The lowest BCUT2D eigenvalue weighted by atomic mass is 10.1. The van der Waals surface area contributed by atoms with Gasteiger partial charge in [0.1, 0.15) is 5.75 Å². The van der Waals surface area contributed by atoms with Gasteiger partial charge in [0, 0.05) is 0 Å². The molecule has 2 aromatic carbocycles. The highest BCUT2D eigenvalue weighted by molar-refractivity contribution is 7.89. The van der Waals surface area contributed by atoms with Crippen LogP contribution in [0.25, 0.3) is 0 Å². The molecule has 1 aliphatic rings. The number of methoxy groups -OCH3 is 1. The third kappa shape index (κ3) is 4.37. The molecule has 1 amide bonds. The van der Waals surface area contributed by atoms with Gasteiger partial charge in [0.15, 0.2) is 0 Å². The molecular formula is C20H21NO5S. The van der Waals surface area contributed by atoms with E-state index < -0.39 is 22.0 Å². The number of ether oxygens (including phenoxy) is 2. The molecule has 0 unspecified atom stereocenters. The summed E-state index contributed by atoms with van der Waals surface area (Å²) in [7, 11) is -2.34. The van der Waals surface area contributed by atoms with Gasteiger partial charge in [0.05, 0.1) is 37.7 Å². The standard InChI is InChI=1S/C20H21NO5S/c1-25-19-12-6-5-11-18(19)20(22)21-17(10-7-13-27(21,23)24)15-26-14-16-8-3-2-4-9-16/h2-12,17H,13-15H2,1H3/t17-/m1/s1. The summed E-state index contributed by atoms with van der Waals surface area (Å²) in [6, 6.07) is 15.4. The monoisotopic (exact) mass is 387 g/mol. The molecule has 0 saturated heterocycles. The Bertz CT molecular complexity index is 924. The Labute approximate surface area is 159 Å². The highest BCUT2D eigenvalue weighted by atomic mass is 32.2. The van der Waals surface area contributed by atoms with E-state index >= 15 is 0 Å². The minimum atomic E-state index is -3.78. The molecule has 1 aliphatic heterocycles. The van der Waals surface area contributed by atoms with E-state index in [0.29, 0.717) is 12.4 Å². The van der Waals surface area contributed by atoms with Gasteiger partial charge >= 0.3 is 0 Å². The second-order valence-electron chi connectivity index (χ2n) is 6.08. The van der Waals surface area contributed by atoms with Crippen LogP contribution in [-0.2, 0) is 21.4 Å². The Balaban J connectivity index is 1.80. The van der Waals surface area contributed by atoms with Crippen molar-refractivity contribution < 1.29 is 22.7 Å². The smallest absolute Gasteiger partial charge is 0.271 e. The van der Waals surface area contributed by atoms with Crippen molar-refractivity contribution in [2.24, 2.45) is 0 Å². The Kier molecular flexibility index (Phi) is 5.93. The van der Waals surface area contributed by atoms with Crippen molar-refractivity contribution in [3.8, 4) is 5.75 Å². The lowest BCUT2D eigenvalue weighted by Gasteiger charge is -2.31. The largest absolute Gasteiger partial charge is 0.496 e. The van der Waals surface area contributed by atoms with Gasteiger partial charge in [-0.3, -0.25) is 4.79 Å². The Morgan fingerprint density at radius 1 is 1.11 bits per heavy atom. The SMILES string of the molecule is COc1ccccc1C(=O)N1[C@@H](COCc2ccccc2)C=CCS1(=O)=O. The van der Waals surface area contributed by atoms with Crippen LogP contribution in [0.5, 0.6) is 5.75 Å². The zero-order chi connectivity index (χ0) is 19.3. The number of amides is 1. The Morgan fingerprint density at radius 3 is 2.56 bits per heavy atom. The first-order valence-electron chi connectivity index (χ1n) is 8.50. The molecule has 1 heterocycles. The molecule has 0 aliphatic carbocycles.